The zero-order valence-electron chi connectivity index (χ0n) is 17.2. The molecule has 1 aliphatic rings. The van der Waals surface area contributed by atoms with Gasteiger partial charge < -0.3 is 15.5 Å². The first-order valence-corrected chi connectivity index (χ1v) is 10.2. The van der Waals surface area contributed by atoms with Crippen molar-refractivity contribution in [2.24, 2.45) is 0 Å². The zero-order valence-corrected chi connectivity index (χ0v) is 17.9. The molecule has 3 N–H and O–H groups in total. The second-order valence-electron chi connectivity index (χ2n) is 8.78. The molecule has 4 rings (SSSR count). The van der Waals surface area contributed by atoms with E-state index in [1.165, 1.54) is 6.07 Å². The summed E-state index contributed by atoms with van der Waals surface area (Å²) in [7, 11) is 0. The van der Waals surface area contributed by atoms with Crippen molar-refractivity contribution < 1.29 is 23.4 Å². The summed E-state index contributed by atoms with van der Waals surface area (Å²) in [5.74, 6) is -0.250. The Morgan fingerprint density at radius 2 is 1.94 bits per heavy atom. The van der Waals surface area contributed by atoms with E-state index in [1.54, 1.807) is 57.4 Å². The quantitative estimate of drug-likeness (QED) is 0.446. The molecule has 0 bridgehead atoms. The first kappa shape index (κ1) is 21.7. The molecule has 0 fully saturated rings. The Morgan fingerprint density at radius 3 is 2.61 bits per heavy atom. The van der Waals surface area contributed by atoms with Gasteiger partial charge in [0.1, 0.15) is 5.75 Å². The Hall–Kier alpha value is -2.51. The molecule has 2 unspecified atom stereocenters. The van der Waals surface area contributed by atoms with Crippen LogP contribution in [0.4, 0.5) is 18.9 Å². The van der Waals surface area contributed by atoms with E-state index < -0.39 is 29.7 Å². The Bertz CT molecular complexity index is 1170. The van der Waals surface area contributed by atoms with E-state index in [2.05, 4.69) is 10.3 Å². The van der Waals surface area contributed by atoms with Gasteiger partial charge in [-0.1, -0.05) is 43.6 Å². The molecule has 1 aliphatic carbocycles. The molecule has 2 atom stereocenters. The monoisotopic (exact) mass is 450 g/mol. The van der Waals surface area contributed by atoms with Gasteiger partial charge >= 0.3 is 6.18 Å². The van der Waals surface area contributed by atoms with Gasteiger partial charge in [-0.2, -0.15) is 13.2 Å². The van der Waals surface area contributed by atoms with Crippen molar-refractivity contribution in [1.29, 1.82) is 0 Å². The van der Waals surface area contributed by atoms with Crippen molar-refractivity contribution in [1.82, 2.24) is 4.98 Å². The van der Waals surface area contributed by atoms with Gasteiger partial charge in [0.2, 0.25) is 0 Å². The minimum Gasteiger partial charge on any atom is -0.506 e. The van der Waals surface area contributed by atoms with Crippen LogP contribution in [0.15, 0.2) is 42.7 Å². The number of hydrogen-bond acceptors (Lipinski definition) is 4. The standard InChI is InChI=1S/C23H22ClF3N2O2/c1-12-9-15-17(19(30)18(12)24)21(2,3)11-22(31,23(25,26)27)20(15)29-16-6-4-5-13-10-28-8-7-14(13)16/h4-10,20,29-31H,11H2,1-3H3. The third-order valence-electron chi connectivity index (χ3n) is 6.10. The maximum Gasteiger partial charge on any atom is 0.419 e. The molecular formula is C23H22ClF3N2O2. The average Bonchev–Trinajstić information content (AvgIpc) is 2.67. The molecule has 2 aromatic carbocycles. The van der Waals surface area contributed by atoms with Crippen molar-refractivity contribution in [3.05, 3.63) is 64.4 Å². The Balaban J connectivity index is 1.99. The molecule has 0 saturated carbocycles. The van der Waals surface area contributed by atoms with Crippen molar-refractivity contribution in [3.63, 3.8) is 0 Å². The molecule has 0 amide bonds. The zero-order chi connectivity index (χ0) is 22.8. The Morgan fingerprint density at radius 1 is 1.23 bits per heavy atom. The van der Waals surface area contributed by atoms with Crippen LogP contribution < -0.4 is 5.32 Å². The second-order valence-corrected chi connectivity index (χ2v) is 9.16. The highest BCUT2D eigenvalue weighted by atomic mass is 35.5. The maximum absolute atomic E-state index is 14.3. The Labute approximate surface area is 182 Å². The number of nitrogens with one attached hydrogen (secondary N) is 1. The summed E-state index contributed by atoms with van der Waals surface area (Å²) in [6.07, 6.45) is -2.40. The van der Waals surface area contributed by atoms with Crippen molar-refractivity contribution in [2.45, 2.75) is 50.4 Å². The smallest absolute Gasteiger partial charge is 0.419 e. The van der Waals surface area contributed by atoms with Crippen LogP contribution in [0.2, 0.25) is 5.02 Å². The number of pyridine rings is 1. The lowest BCUT2D eigenvalue weighted by Gasteiger charge is -2.49. The van der Waals surface area contributed by atoms with Crippen molar-refractivity contribution in [2.75, 3.05) is 5.32 Å². The van der Waals surface area contributed by atoms with Gasteiger partial charge in [0.25, 0.3) is 0 Å². The summed E-state index contributed by atoms with van der Waals surface area (Å²) in [6, 6.07) is 6.81. The number of fused-ring (bicyclic) bond motifs is 2. The van der Waals surface area contributed by atoms with Crippen LogP contribution in [0, 0.1) is 6.92 Å². The third kappa shape index (κ3) is 3.31. The first-order valence-electron chi connectivity index (χ1n) is 9.77. The number of phenolic OH excluding ortho intramolecular Hbond substituents is 1. The highest BCUT2D eigenvalue weighted by molar-refractivity contribution is 6.33. The number of aromatic nitrogens is 1. The normalized spacial score (nSPS) is 22.9. The van der Waals surface area contributed by atoms with E-state index in [0.29, 0.717) is 22.2 Å². The summed E-state index contributed by atoms with van der Waals surface area (Å²) < 4.78 is 43.0. The second kappa shape index (κ2) is 7.00. The maximum atomic E-state index is 14.3. The fourth-order valence-corrected chi connectivity index (χ4v) is 4.88. The van der Waals surface area contributed by atoms with Gasteiger partial charge in [0.05, 0.1) is 11.1 Å². The number of aliphatic hydroxyl groups is 1. The molecular weight excluding hydrogens is 429 g/mol. The molecule has 31 heavy (non-hydrogen) atoms. The van der Waals surface area contributed by atoms with Crippen molar-refractivity contribution >= 4 is 28.1 Å². The van der Waals surface area contributed by atoms with E-state index in [9.17, 15) is 23.4 Å². The predicted octanol–water partition coefficient (Wildman–Crippen LogP) is 6.03. The topological polar surface area (TPSA) is 65.4 Å². The number of aromatic hydroxyl groups is 1. The number of hydrogen-bond donors (Lipinski definition) is 3. The molecule has 1 aromatic heterocycles. The molecule has 4 nitrogen and oxygen atoms in total. The van der Waals surface area contributed by atoms with Crippen LogP contribution in [0.1, 0.15) is 43.0 Å². The summed E-state index contributed by atoms with van der Waals surface area (Å²) in [6.45, 7) is 4.73. The van der Waals surface area contributed by atoms with Crippen LogP contribution in [-0.2, 0) is 5.41 Å². The minimum absolute atomic E-state index is 0.0965. The van der Waals surface area contributed by atoms with E-state index in [4.69, 9.17) is 11.6 Å². The molecule has 0 saturated heterocycles. The SMILES string of the molecule is Cc1cc2c(c(O)c1Cl)C(C)(C)CC(O)(C(F)(F)F)C2Nc1cccc2cnccc12. The largest absolute Gasteiger partial charge is 0.506 e. The van der Waals surface area contributed by atoms with Gasteiger partial charge in [-0.25, -0.2) is 0 Å². The molecule has 0 aliphatic heterocycles. The number of halogens is 4. The lowest BCUT2D eigenvalue weighted by atomic mass is 9.63. The number of nitrogens with zero attached hydrogens (tertiary/aromatic N) is 1. The summed E-state index contributed by atoms with van der Waals surface area (Å²) in [4.78, 5) is 4.05. The van der Waals surface area contributed by atoms with Crippen LogP contribution in [-0.4, -0.2) is 27.0 Å². The van der Waals surface area contributed by atoms with Crippen LogP contribution in [0.3, 0.4) is 0 Å². The highest BCUT2D eigenvalue weighted by Gasteiger charge is 2.64. The highest BCUT2D eigenvalue weighted by Crippen LogP contribution is 2.57. The lowest BCUT2D eigenvalue weighted by molar-refractivity contribution is -0.275. The van der Waals surface area contributed by atoms with E-state index >= 15 is 0 Å². The van der Waals surface area contributed by atoms with Gasteiger partial charge in [-0.15, -0.1) is 0 Å². The molecule has 164 valence electrons. The number of aryl methyl sites for hydroxylation is 1. The van der Waals surface area contributed by atoms with E-state index in [0.717, 1.165) is 5.39 Å². The lowest BCUT2D eigenvalue weighted by Crippen LogP contribution is -2.58. The summed E-state index contributed by atoms with van der Waals surface area (Å²) in [5, 5.41) is 26.3. The van der Waals surface area contributed by atoms with Gasteiger partial charge in [-0.05, 0) is 42.0 Å². The number of rotatable bonds is 2. The summed E-state index contributed by atoms with van der Waals surface area (Å²) >= 11 is 6.23. The van der Waals surface area contributed by atoms with E-state index in [1.807, 2.05) is 0 Å². The molecule has 1 heterocycles. The van der Waals surface area contributed by atoms with Crippen molar-refractivity contribution in [3.8, 4) is 5.75 Å². The van der Waals surface area contributed by atoms with Gasteiger partial charge in [0, 0.05) is 34.4 Å². The van der Waals surface area contributed by atoms with Crippen LogP contribution in [0.5, 0.6) is 5.75 Å². The number of benzene rings is 2. The summed E-state index contributed by atoms with van der Waals surface area (Å²) in [5.41, 5.74) is -2.94. The first-order chi connectivity index (χ1) is 14.4. The van der Waals surface area contributed by atoms with Gasteiger partial charge in [0.15, 0.2) is 5.60 Å². The molecule has 3 aromatic rings. The van der Waals surface area contributed by atoms with Crippen LogP contribution >= 0.6 is 11.6 Å². The Kier molecular flexibility index (Phi) is 4.90. The number of alkyl halides is 3. The minimum atomic E-state index is -4.92. The predicted molar refractivity (Wildman–Crippen MR) is 115 cm³/mol. The molecule has 0 radical (unpaired) electrons. The number of phenols is 1. The fourth-order valence-electron chi connectivity index (χ4n) is 4.73. The van der Waals surface area contributed by atoms with Gasteiger partial charge in [-0.3, -0.25) is 4.98 Å². The van der Waals surface area contributed by atoms with Crippen LogP contribution in [0.25, 0.3) is 10.8 Å². The average molecular weight is 451 g/mol. The number of anilines is 1. The fraction of sp³-hybridized carbons (Fsp3) is 0.348. The molecule has 0 spiro atoms. The molecule has 8 heteroatoms. The van der Waals surface area contributed by atoms with E-state index in [-0.39, 0.29) is 16.3 Å². The third-order valence-corrected chi connectivity index (χ3v) is 6.58.